The van der Waals surface area contributed by atoms with Gasteiger partial charge in [0.2, 0.25) is 0 Å². The summed E-state index contributed by atoms with van der Waals surface area (Å²) in [6, 6.07) is 3.19. The van der Waals surface area contributed by atoms with Gasteiger partial charge in [-0.15, -0.1) is 0 Å². The fourth-order valence-electron chi connectivity index (χ4n) is 1.55. The van der Waals surface area contributed by atoms with E-state index in [1.54, 1.807) is 12.1 Å². The van der Waals surface area contributed by atoms with E-state index < -0.39 is 5.97 Å². The lowest BCUT2D eigenvalue weighted by Crippen LogP contribution is -2.23. The molecule has 0 unspecified atom stereocenters. The molecule has 0 amide bonds. The second kappa shape index (κ2) is 4.66. The Bertz CT molecular complexity index is 553. The van der Waals surface area contributed by atoms with Crippen LogP contribution in [0.2, 0.25) is 0 Å². The zero-order valence-corrected chi connectivity index (χ0v) is 10.7. The highest BCUT2D eigenvalue weighted by molar-refractivity contribution is 7.81. The summed E-state index contributed by atoms with van der Waals surface area (Å²) in [5, 5.41) is 2.90. The van der Waals surface area contributed by atoms with Gasteiger partial charge in [0.05, 0.1) is 25.5 Å². The first-order valence-electron chi connectivity index (χ1n) is 5.05. The Morgan fingerprint density at radius 1 is 1.44 bits per heavy atom. The van der Waals surface area contributed by atoms with Crippen LogP contribution in [0.4, 0.5) is 5.69 Å². The molecule has 0 saturated carbocycles. The molecule has 1 aromatic carbocycles. The lowest BCUT2D eigenvalue weighted by molar-refractivity contribution is 0.0601. The Labute approximate surface area is 109 Å². The molecular formula is C12H11NO4S. The van der Waals surface area contributed by atoms with Crippen LogP contribution >= 0.6 is 12.2 Å². The van der Waals surface area contributed by atoms with Gasteiger partial charge in [-0.2, -0.15) is 0 Å². The van der Waals surface area contributed by atoms with Crippen LogP contribution in [0.5, 0.6) is 11.5 Å². The van der Waals surface area contributed by atoms with Crippen molar-refractivity contribution in [1.29, 1.82) is 0 Å². The molecule has 1 aromatic rings. The van der Waals surface area contributed by atoms with Crippen molar-refractivity contribution in [2.75, 3.05) is 19.5 Å². The van der Waals surface area contributed by atoms with Gasteiger partial charge in [0.1, 0.15) is 10.7 Å². The van der Waals surface area contributed by atoms with Gasteiger partial charge in [0, 0.05) is 6.07 Å². The number of carbonyl (C=O) groups is 1. The minimum absolute atomic E-state index is 0.293. The highest BCUT2D eigenvalue weighted by atomic mass is 32.1. The topological polar surface area (TPSA) is 56.8 Å². The third-order valence-corrected chi connectivity index (χ3v) is 2.77. The van der Waals surface area contributed by atoms with E-state index in [-0.39, 0.29) is 0 Å². The molecule has 0 saturated heterocycles. The Morgan fingerprint density at radius 2 is 2.17 bits per heavy atom. The third kappa shape index (κ3) is 2.02. The van der Waals surface area contributed by atoms with Crippen LogP contribution in [-0.4, -0.2) is 25.2 Å². The number of fused-ring (bicyclic) bond motifs is 1. The number of ether oxygens (including phenoxy) is 3. The predicted molar refractivity (Wildman–Crippen MR) is 70.3 cm³/mol. The molecule has 5 nitrogen and oxygen atoms in total. The first kappa shape index (κ1) is 12.4. The maximum atomic E-state index is 11.7. The van der Waals surface area contributed by atoms with Gasteiger partial charge in [0.15, 0.2) is 11.5 Å². The van der Waals surface area contributed by atoms with Crippen LogP contribution in [-0.2, 0) is 4.74 Å². The summed E-state index contributed by atoms with van der Waals surface area (Å²) in [5.41, 5.74) is 0.752. The van der Waals surface area contributed by atoms with Crippen molar-refractivity contribution in [2.45, 2.75) is 0 Å². The van der Waals surface area contributed by atoms with Crippen LogP contribution in [0.25, 0.3) is 0 Å². The Kier molecular flexibility index (Phi) is 3.20. The van der Waals surface area contributed by atoms with Crippen LogP contribution in [0.1, 0.15) is 10.4 Å². The van der Waals surface area contributed by atoms with Gasteiger partial charge >= 0.3 is 5.97 Å². The molecule has 0 spiro atoms. The Hall–Kier alpha value is -2.08. The molecule has 1 N–H and O–H groups in total. The quantitative estimate of drug-likeness (QED) is 0.502. The highest BCUT2D eigenvalue weighted by Gasteiger charge is 2.25. The second-order valence-corrected chi connectivity index (χ2v) is 3.93. The zero-order chi connectivity index (χ0) is 13.3. The van der Waals surface area contributed by atoms with Crippen molar-refractivity contribution in [3.05, 3.63) is 30.0 Å². The highest BCUT2D eigenvalue weighted by Crippen LogP contribution is 2.38. The molecule has 2 rings (SSSR count). The number of methoxy groups -OCH3 is 2. The van der Waals surface area contributed by atoms with E-state index in [0.717, 1.165) is 0 Å². The average molecular weight is 265 g/mol. The lowest BCUT2D eigenvalue weighted by Gasteiger charge is -2.23. The molecule has 0 aromatic heterocycles. The third-order valence-electron chi connectivity index (χ3n) is 2.44. The molecule has 6 heteroatoms. The summed E-state index contributed by atoms with van der Waals surface area (Å²) >= 11 is 5.03. The van der Waals surface area contributed by atoms with E-state index in [2.05, 4.69) is 11.9 Å². The van der Waals surface area contributed by atoms with E-state index in [0.29, 0.717) is 33.5 Å². The number of anilines is 1. The second-order valence-electron chi connectivity index (χ2n) is 3.52. The van der Waals surface area contributed by atoms with Crippen molar-refractivity contribution in [3.8, 4) is 11.5 Å². The molecule has 0 radical (unpaired) electrons. The smallest absolute Gasteiger partial charge is 0.340 e. The SMILES string of the molecule is C=C1Oc2cc(OC)cc(C(=O)OC)c2NC1=S. The molecule has 18 heavy (non-hydrogen) atoms. The van der Waals surface area contributed by atoms with Crippen molar-refractivity contribution in [2.24, 2.45) is 0 Å². The summed E-state index contributed by atoms with van der Waals surface area (Å²) in [5.74, 6) is 0.725. The molecular weight excluding hydrogens is 254 g/mol. The van der Waals surface area contributed by atoms with Crippen LogP contribution in [0, 0.1) is 0 Å². The lowest BCUT2D eigenvalue weighted by atomic mass is 10.1. The Morgan fingerprint density at radius 3 is 2.78 bits per heavy atom. The van der Waals surface area contributed by atoms with E-state index in [1.807, 2.05) is 0 Å². The minimum Gasteiger partial charge on any atom is -0.497 e. The number of benzene rings is 1. The number of rotatable bonds is 2. The summed E-state index contributed by atoms with van der Waals surface area (Å²) < 4.78 is 15.2. The monoisotopic (exact) mass is 265 g/mol. The number of esters is 1. The van der Waals surface area contributed by atoms with Crippen molar-refractivity contribution >= 4 is 28.9 Å². The number of hydrogen-bond acceptors (Lipinski definition) is 5. The molecule has 1 aliphatic heterocycles. The predicted octanol–water partition coefficient (Wildman–Crippen LogP) is 2.13. The molecule has 0 atom stereocenters. The van der Waals surface area contributed by atoms with Crippen molar-refractivity contribution < 1.29 is 19.0 Å². The molecule has 1 aliphatic rings. The maximum Gasteiger partial charge on any atom is 0.340 e. The van der Waals surface area contributed by atoms with Gasteiger partial charge in [-0.1, -0.05) is 18.8 Å². The number of thiocarbonyl (C=S) groups is 1. The fraction of sp³-hybridized carbons (Fsp3) is 0.167. The van der Waals surface area contributed by atoms with Crippen molar-refractivity contribution in [1.82, 2.24) is 0 Å². The summed E-state index contributed by atoms with van der Waals surface area (Å²) in [7, 11) is 2.80. The fourth-order valence-corrected chi connectivity index (χ4v) is 1.69. The van der Waals surface area contributed by atoms with E-state index >= 15 is 0 Å². The van der Waals surface area contributed by atoms with Crippen molar-refractivity contribution in [3.63, 3.8) is 0 Å². The summed E-state index contributed by atoms with van der Waals surface area (Å²) in [6.07, 6.45) is 0. The summed E-state index contributed by atoms with van der Waals surface area (Å²) in [6.45, 7) is 3.66. The normalized spacial score (nSPS) is 13.2. The molecule has 94 valence electrons. The van der Waals surface area contributed by atoms with E-state index in [4.69, 9.17) is 26.4 Å². The molecule has 0 bridgehead atoms. The van der Waals surface area contributed by atoms with Crippen LogP contribution in [0.3, 0.4) is 0 Å². The van der Waals surface area contributed by atoms with Crippen LogP contribution in [0.15, 0.2) is 24.5 Å². The standard InChI is InChI=1S/C12H11NO4S/c1-6-11(18)13-10-8(12(14)16-3)4-7(15-2)5-9(10)17-6/h4-5H,1H2,2-3H3,(H,13,18). The number of nitrogens with one attached hydrogen (secondary N) is 1. The van der Waals surface area contributed by atoms with Gasteiger partial charge in [0.25, 0.3) is 0 Å². The van der Waals surface area contributed by atoms with E-state index in [9.17, 15) is 4.79 Å². The zero-order valence-electron chi connectivity index (χ0n) is 9.90. The van der Waals surface area contributed by atoms with Crippen LogP contribution < -0.4 is 14.8 Å². The van der Waals surface area contributed by atoms with Gasteiger partial charge < -0.3 is 19.5 Å². The number of hydrogen-bond donors (Lipinski definition) is 1. The molecule has 0 aliphatic carbocycles. The largest absolute Gasteiger partial charge is 0.497 e. The van der Waals surface area contributed by atoms with Gasteiger partial charge in [-0.3, -0.25) is 0 Å². The van der Waals surface area contributed by atoms with Gasteiger partial charge in [-0.25, -0.2) is 4.79 Å². The average Bonchev–Trinajstić information content (AvgIpc) is 2.38. The Balaban J connectivity index is 2.59. The first-order valence-corrected chi connectivity index (χ1v) is 5.46. The number of carbonyl (C=O) groups excluding carboxylic acids is 1. The summed E-state index contributed by atoms with van der Waals surface area (Å²) in [4.78, 5) is 12.0. The molecule has 0 fully saturated rings. The minimum atomic E-state index is -0.503. The van der Waals surface area contributed by atoms with Gasteiger partial charge in [-0.05, 0) is 6.07 Å². The maximum absolute atomic E-state index is 11.7. The first-order chi connectivity index (χ1) is 8.56. The van der Waals surface area contributed by atoms with E-state index in [1.165, 1.54) is 14.2 Å². The molecule has 1 heterocycles.